The van der Waals surface area contributed by atoms with Crippen LogP contribution in [0.4, 0.5) is 5.82 Å². The lowest BCUT2D eigenvalue weighted by Gasteiger charge is -2.10. The van der Waals surface area contributed by atoms with Gasteiger partial charge in [0, 0.05) is 19.7 Å². The maximum absolute atomic E-state index is 12.5. The normalized spacial score (nSPS) is 13.1. The molecule has 2 aromatic heterocycles. The Morgan fingerprint density at radius 3 is 2.81 bits per heavy atom. The Labute approximate surface area is 119 Å². The van der Waals surface area contributed by atoms with Crippen molar-refractivity contribution in [2.24, 2.45) is 12.0 Å². The first-order chi connectivity index (χ1) is 10.1. The quantitative estimate of drug-likeness (QED) is 0.832. The Morgan fingerprint density at radius 2 is 2.14 bits per heavy atom. The van der Waals surface area contributed by atoms with E-state index in [1.165, 1.54) is 4.57 Å². The van der Waals surface area contributed by atoms with E-state index in [4.69, 9.17) is 5.11 Å². The van der Waals surface area contributed by atoms with E-state index in [2.05, 4.69) is 9.98 Å². The van der Waals surface area contributed by atoms with Crippen LogP contribution in [0, 0.1) is 0 Å². The average Bonchev–Trinajstić information content (AvgIpc) is 2.95. The third kappa shape index (κ3) is 2.21. The van der Waals surface area contributed by atoms with E-state index >= 15 is 0 Å². The Hall–Kier alpha value is -2.54. The minimum Gasteiger partial charge on any atom is -0.390 e. The predicted octanol–water partition coefficient (Wildman–Crippen LogP) is -0.389. The van der Waals surface area contributed by atoms with Crippen LogP contribution in [0.15, 0.2) is 39.0 Å². The molecule has 0 bridgehead atoms. The maximum atomic E-state index is 12.5. The van der Waals surface area contributed by atoms with Crippen LogP contribution in [-0.2, 0) is 20.0 Å². The Bertz CT molecular complexity index is 834. The van der Waals surface area contributed by atoms with Crippen LogP contribution in [0.1, 0.15) is 11.3 Å². The molecule has 7 nitrogen and oxygen atoms in total. The number of hydrogen-bond acceptors (Lipinski definition) is 5. The predicted molar refractivity (Wildman–Crippen MR) is 77.2 cm³/mol. The lowest BCUT2D eigenvalue weighted by atomic mass is 10.2. The zero-order chi connectivity index (χ0) is 15.0. The third-order valence-electron chi connectivity index (χ3n) is 3.48. The van der Waals surface area contributed by atoms with E-state index < -0.39 is 5.69 Å². The van der Waals surface area contributed by atoms with Gasteiger partial charge in [-0.1, -0.05) is 6.07 Å². The van der Waals surface area contributed by atoms with Crippen molar-refractivity contribution in [2.45, 2.75) is 13.0 Å². The lowest BCUT2D eigenvalue weighted by molar-refractivity contribution is 0.356. The minimum atomic E-state index is -0.438. The molecule has 21 heavy (non-hydrogen) atoms. The zero-order valence-corrected chi connectivity index (χ0v) is 11.5. The van der Waals surface area contributed by atoms with Crippen LogP contribution in [0.3, 0.4) is 0 Å². The van der Waals surface area contributed by atoms with Crippen LogP contribution in [0.5, 0.6) is 0 Å². The van der Waals surface area contributed by atoms with Crippen molar-refractivity contribution in [2.75, 3.05) is 6.61 Å². The molecule has 3 rings (SSSR count). The van der Waals surface area contributed by atoms with Gasteiger partial charge in [0.15, 0.2) is 0 Å². The Kier molecular flexibility index (Phi) is 3.26. The van der Waals surface area contributed by atoms with Crippen molar-refractivity contribution in [1.29, 1.82) is 0 Å². The number of aromatic nitrogens is 3. The van der Waals surface area contributed by atoms with Crippen molar-refractivity contribution in [3.63, 3.8) is 0 Å². The molecule has 1 aliphatic heterocycles. The molecule has 7 heteroatoms. The molecule has 0 amide bonds. The van der Waals surface area contributed by atoms with Crippen LogP contribution in [0.2, 0.25) is 0 Å². The number of aliphatic hydroxyl groups excluding tert-OH is 1. The van der Waals surface area contributed by atoms with Crippen molar-refractivity contribution >= 4 is 11.5 Å². The lowest BCUT2D eigenvalue weighted by Crippen LogP contribution is -2.40. The summed E-state index contributed by atoms with van der Waals surface area (Å²) in [6.07, 6.45) is 1.90. The second kappa shape index (κ2) is 5.10. The fraction of sp³-hybridized carbons (Fsp3) is 0.286. The van der Waals surface area contributed by atoms with E-state index in [-0.39, 0.29) is 25.1 Å². The van der Waals surface area contributed by atoms with Gasteiger partial charge in [0.05, 0.1) is 30.1 Å². The highest BCUT2D eigenvalue weighted by molar-refractivity contribution is 5.93. The molecule has 0 atom stereocenters. The number of aliphatic imine (C=N–C) groups is 1. The van der Waals surface area contributed by atoms with Gasteiger partial charge in [-0.15, -0.1) is 0 Å². The van der Waals surface area contributed by atoms with Crippen LogP contribution >= 0.6 is 0 Å². The van der Waals surface area contributed by atoms with Crippen LogP contribution < -0.4 is 11.2 Å². The molecule has 2 aromatic rings. The summed E-state index contributed by atoms with van der Waals surface area (Å²) < 4.78 is 2.49. The van der Waals surface area contributed by atoms with Gasteiger partial charge < -0.3 is 5.11 Å². The molecule has 0 unspecified atom stereocenters. The summed E-state index contributed by atoms with van der Waals surface area (Å²) in [6, 6.07) is 5.33. The van der Waals surface area contributed by atoms with Gasteiger partial charge in [-0.3, -0.25) is 18.9 Å². The van der Waals surface area contributed by atoms with Crippen LogP contribution in [-0.4, -0.2) is 31.5 Å². The monoisotopic (exact) mass is 286 g/mol. The summed E-state index contributed by atoms with van der Waals surface area (Å²) in [4.78, 5) is 33.1. The van der Waals surface area contributed by atoms with Crippen LogP contribution in [0.25, 0.3) is 0 Å². The van der Waals surface area contributed by atoms with Crippen molar-refractivity contribution < 1.29 is 5.11 Å². The first-order valence-corrected chi connectivity index (χ1v) is 6.51. The van der Waals surface area contributed by atoms with Gasteiger partial charge in [0.2, 0.25) is 0 Å². The average molecular weight is 286 g/mol. The van der Waals surface area contributed by atoms with Gasteiger partial charge in [-0.05, 0) is 12.1 Å². The minimum absolute atomic E-state index is 0.119. The highest BCUT2D eigenvalue weighted by Crippen LogP contribution is 2.21. The number of aliphatic hydroxyl groups is 1. The maximum Gasteiger partial charge on any atom is 0.332 e. The summed E-state index contributed by atoms with van der Waals surface area (Å²) in [6.45, 7) is -0.101. The molecule has 0 aromatic carbocycles. The van der Waals surface area contributed by atoms with E-state index in [0.29, 0.717) is 22.8 Å². The van der Waals surface area contributed by atoms with E-state index in [0.717, 1.165) is 4.57 Å². The summed E-state index contributed by atoms with van der Waals surface area (Å²) in [5, 5.41) is 9.16. The molecule has 108 valence electrons. The van der Waals surface area contributed by atoms with Gasteiger partial charge in [-0.2, -0.15) is 0 Å². The van der Waals surface area contributed by atoms with Gasteiger partial charge in [-0.25, -0.2) is 9.79 Å². The highest BCUT2D eigenvalue weighted by atomic mass is 16.3. The molecule has 0 radical (unpaired) electrons. The zero-order valence-electron chi connectivity index (χ0n) is 11.5. The molecule has 0 fully saturated rings. The molecule has 0 aliphatic carbocycles. The smallest absolute Gasteiger partial charge is 0.332 e. The number of rotatable bonds is 3. The van der Waals surface area contributed by atoms with E-state index in [1.54, 1.807) is 31.4 Å². The topological polar surface area (TPSA) is 89.5 Å². The molecule has 0 saturated heterocycles. The fourth-order valence-electron chi connectivity index (χ4n) is 2.39. The van der Waals surface area contributed by atoms with Crippen molar-refractivity contribution in [1.82, 2.24) is 14.1 Å². The molecule has 0 saturated carbocycles. The summed E-state index contributed by atoms with van der Waals surface area (Å²) in [7, 11) is 1.57. The second-order valence-electron chi connectivity index (χ2n) is 4.87. The number of hydrogen-bond donors (Lipinski definition) is 1. The molecule has 0 spiro atoms. The highest BCUT2D eigenvalue weighted by Gasteiger charge is 2.23. The largest absolute Gasteiger partial charge is 0.390 e. The SMILES string of the molecule is Cn1c2c(c(=O)n(Cc3ccccn3)c1=O)CC(CO)=N2. The molecular weight excluding hydrogens is 272 g/mol. The summed E-state index contributed by atoms with van der Waals surface area (Å²) >= 11 is 0. The van der Waals surface area contributed by atoms with E-state index in [1.807, 2.05) is 0 Å². The summed E-state index contributed by atoms with van der Waals surface area (Å²) in [5.74, 6) is 0.339. The number of nitrogens with zero attached hydrogens (tertiary/aromatic N) is 4. The molecule has 3 heterocycles. The first kappa shape index (κ1) is 13.4. The first-order valence-electron chi connectivity index (χ1n) is 6.51. The van der Waals surface area contributed by atoms with Crippen molar-refractivity contribution in [3.8, 4) is 0 Å². The van der Waals surface area contributed by atoms with Gasteiger partial charge >= 0.3 is 5.69 Å². The van der Waals surface area contributed by atoms with Crippen molar-refractivity contribution in [3.05, 3.63) is 56.5 Å². The molecule has 1 aliphatic rings. The van der Waals surface area contributed by atoms with Gasteiger partial charge in [0.1, 0.15) is 5.82 Å². The molecular formula is C14H14N4O3. The second-order valence-corrected chi connectivity index (χ2v) is 4.87. The number of fused-ring (bicyclic) bond motifs is 1. The van der Waals surface area contributed by atoms with Gasteiger partial charge in [0.25, 0.3) is 5.56 Å². The Morgan fingerprint density at radius 1 is 1.33 bits per heavy atom. The fourth-order valence-corrected chi connectivity index (χ4v) is 2.39. The van der Waals surface area contributed by atoms with E-state index in [9.17, 15) is 9.59 Å². The summed E-state index contributed by atoms with van der Waals surface area (Å²) in [5.41, 5.74) is 0.765. The standard InChI is InChI=1S/C14H14N4O3/c1-17-12-11(6-10(8-19)16-12)13(20)18(14(17)21)7-9-4-2-3-5-15-9/h2-5,19H,6-8H2,1H3. The Balaban J connectivity index is 2.13. The third-order valence-corrected chi connectivity index (χ3v) is 3.48. The molecule has 1 N–H and O–H groups in total. The number of pyridine rings is 1.